The summed E-state index contributed by atoms with van der Waals surface area (Å²) < 4.78 is 30.6. The van der Waals surface area contributed by atoms with Crippen LogP contribution in [0.4, 0.5) is 0 Å². The number of ketones is 1. The highest BCUT2D eigenvalue weighted by Gasteiger charge is 2.13. The molecule has 0 saturated heterocycles. The highest BCUT2D eigenvalue weighted by Crippen LogP contribution is 2.26. The van der Waals surface area contributed by atoms with Gasteiger partial charge in [0.2, 0.25) is 0 Å². The van der Waals surface area contributed by atoms with E-state index in [1.807, 2.05) is 37.4 Å². The van der Waals surface area contributed by atoms with E-state index in [0.717, 1.165) is 22.4 Å². The van der Waals surface area contributed by atoms with Gasteiger partial charge in [0.1, 0.15) is 5.75 Å². The summed E-state index contributed by atoms with van der Waals surface area (Å²) >= 11 is 0. The number of carbonyl (C=O) groups excluding carboxylic acids is 1. The van der Waals surface area contributed by atoms with E-state index in [2.05, 4.69) is 0 Å². The van der Waals surface area contributed by atoms with Crippen LogP contribution >= 0.6 is 0 Å². The predicted molar refractivity (Wildman–Crippen MR) is 133 cm³/mol. The van der Waals surface area contributed by atoms with Crippen LogP contribution in [0.15, 0.2) is 90.0 Å². The molecule has 0 radical (unpaired) electrons. The van der Waals surface area contributed by atoms with E-state index in [1.54, 1.807) is 66.4 Å². The molecule has 0 bridgehead atoms. The Labute approximate surface area is 199 Å². The second-order valence-electron chi connectivity index (χ2n) is 7.94. The first-order chi connectivity index (χ1) is 16.2. The first kappa shape index (κ1) is 23.2. The quantitative estimate of drug-likeness (QED) is 0.274. The number of hydrogen-bond acceptors (Lipinski definition) is 5. The van der Waals surface area contributed by atoms with E-state index >= 15 is 0 Å². The molecule has 1 heterocycles. The zero-order valence-corrected chi connectivity index (χ0v) is 19.9. The summed E-state index contributed by atoms with van der Waals surface area (Å²) in [5, 5.41) is 4.73. The normalized spacial score (nSPS) is 11.6. The number of rotatable bonds is 7. The average molecular weight is 473 g/mol. The molecule has 0 saturated carbocycles. The minimum Gasteiger partial charge on any atom is -0.497 e. The van der Waals surface area contributed by atoms with E-state index < -0.39 is 9.84 Å². The maximum atomic E-state index is 12.7. The van der Waals surface area contributed by atoms with Gasteiger partial charge in [-0.3, -0.25) is 4.79 Å². The van der Waals surface area contributed by atoms with Gasteiger partial charge in [-0.1, -0.05) is 29.8 Å². The Morgan fingerprint density at radius 3 is 2.18 bits per heavy atom. The number of aryl methyl sites for hydroxylation is 1. The molecule has 4 rings (SSSR count). The lowest BCUT2D eigenvalue weighted by molar-refractivity contribution is 0.104. The van der Waals surface area contributed by atoms with E-state index in [-0.39, 0.29) is 10.7 Å². The van der Waals surface area contributed by atoms with Crippen molar-refractivity contribution in [1.29, 1.82) is 0 Å². The third kappa shape index (κ3) is 5.15. The van der Waals surface area contributed by atoms with Crippen molar-refractivity contribution < 1.29 is 17.9 Å². The predicted octanol–water partition coefficient (Wildman–Crippen LogP) is 5.16. The molecule has 0 aliphatic heterocycles. The number of carbonyl (C=O) groups is 1. The van der Waals surface area contributed by atoms with Crippen molar-refractivity contribution >= 4 is 21.7 Å². The molecule has 0 aliphatic carbocycles. The van der Waals surface area contributed by atoms with Crippen LogP contribution < -0.4 is 4.74 Å². The third-order valence-corrected chi connectivity index (χ3v) is 6.51. The molecule has 0 aliphatic rings. The summed E-state index contributed by atoms with van der Waals surface area (Å²) in [6, 6.07) is 21.4. The molecule has 7 heteroatoms. The molecule has 0 atom stereocenters. The molecular formula is C27H24N2O4S. The number of ether oxygens (including phenoxy) is 1. The molecule has 0 unspecified atom stereocenters. The van der Waals surface area contributed by atoms with E-state index in [4.69, 9.17) is 9.84 Å². The van der Waals surface area contributed by atoms with E-state index in [0.29, 0.717) is 17.0 Å². The summed E-state index contributed by atoms with van der Waals surface area (Å²) in [4.78, 5) is 13.0. The van der Waals surface area contributed by atoms with Crippen LogP contribution in [0.25, 0.3) is 23.0 Å². The topological polar surface area (TPSA) is 78.3 Å². The Morgan fingerprint density at radius 2 is 1.59 bits per heavy atom. The van der Waals surface area contributed by atoms with Crippen molar-refractivity contribution in [3.63, 3.8) is 0 Å². The standard InChI is InChI=1S/C27H24N2O4S/c1-19-4-11-23(12-5-19)29-18-22(10-17-26(30)20-6-13-24(33-2)14-7-20)27(28-29)21-8-15-25(16-9-21)34(3,31)32/h4-18H,1-3H3/b17-10+. The smallest absolute Gasteiger partial charge is 0.185 e. The van der Waals surface area contributed by atoms with Gasteiger partial charge >= 0.3 is 0 Å². The lowest BCUT2D eigenvalue weighted by Gasteiger charge is -2.03. The lowest BCUT2D eigenvalue weighted by atomic mass is 10.1. The summed E-state index contributed by atoms with van der Waals surface area (Å²) in [7, 11) is -1.73. The lowest BCUT2D eigenvalue weighted by Crippen LogP contribution is -1.97. The molecule has 4 aromatic rings. The SMILES string of the molecule is COc1ccc(C(=O)/C=C/c2cn(-c3ccc(C)cc3)nc2-c2ccc(S(C)(=O)=O)cc2)cc1. The van der Waals surface area contributed by atoms with E-state index in [9.17, 15) is 13.2 Å². The van der Waals surface area contributed by atoms with Gasteiger partial charge in [0.05, 0.1) is 23.4 Å². The number of aromatic nitrogens is 2. The maximum absolute atomic E-state index is 12.7. The molecule has 3 aromatic carbocycles. The van der Waals surface area contributed by atoms with Gasteiger partial charge in [-0.15, -0.1) is 0 Å². The van der Waals surface area contributed by atoms with Crippen LogP contribution in [-0.4, -0.2) is 37.3 Å². The molecule has 34 heavy (non-hydrogen) atoms. The minimum atomic E-state index is -3.30. The summed E-state index contributed by atoms with van der Waals surface area (Å²) in [5.74, 6) is 0.531. The van der Waals surface area contributed by atoms with Gasteiger partial charge < -0.3 is 4.74 Å². The van der Waals surface area contributed by atoms with Crippen LogP contribution in [0.3, 0.4) is 0 Å². The molecule has 172 valence electrons. The van der Waals surface area contributed by atoms with Crippen molar-refractivity contribution in [2.75, 3.05) is 13.4 Å². The molecule has 0 spiro atoms. The van der Waals surface area contributed by atoms with Gasteiger partial charge in [0, 0.05) is 29.1 Å². The van der Waals surface area contributed by atoms with Gasteiger partial charge in [-0.2, -0.15) is 5.10 Å². The average Bonchev–Trinajstić information content (AvgIpc) is 3.27. The second-order valence-corrected chi connectivity index (χ2v) is 9.95. The number of nitrogens with zero attached hydrogens (tertiary/aromatic N) is 2. The van der Waals surface area contributed by atoms with Crippen molar-refractivity contribution in [2.45, 2.75) is 11.8 Å². The second kappa shape index (κ2) is 9.49. The van der Waals surface area contributed by atoms with Crippen LogP contribution in [0, 0.1) is 6.92 Å². The minimum absolute atomic E-state index is 0.149. The first-order valence-electron chi connectivity index (χ1n) is 10.6. The number of sulfone groups is 1. The fourth-order valence-electron chi connectivity index (χ4n) is 3.44. The molecule has 1 aromatic heterocycles. The number of allylic oxidation sites excluding steroid dienone is 1. The van der Waals surface area contributed by atoms with Crippen LogP contribution in [-0.2, 0) is 9.84 Å². The Kier molecular flexibility index (Phi) is 6.47. The third-order valence-electron chi connectivity index (χ3n) is 5.39. The Bertz CT molecular complexity index is 1450. The van der Waals surface area contributed by atoms with Gasteiger partial charge in [-0.05, 0) is 67.6 Å². The number of hydrogen-bond donors (Lipinski definition) is 0. The molecule has 6 nitrogen and oxygen atoms in total. The zero-order chi connectivity index (χ0) is 24.3. The van der Waals surface area contributed by atoms with Crippen LogP contribution in [0.2, 0.25) is 0 Å². The van der Waals surface area contributed by atoms with E-state index in [1.165, 1.54) is 12.3 Å². The summed E-state index contributed by atoms with van der Waals surface area (Å²) in [6.45, 7) is 2.01. The largest absolute Gasteiger partial charge is 0.497 e. The number of benzene rings is 3. The van der Waals surface area contributed by atoms with Gasteiger partial charge in [-0.25, -0.2) is 13.1 Å². The van der Waals surface area contributed by atoms with Crippen molar-refractivity contribution in [3.8, 4) is 22.7 Å². The maximum Gasteiger partial charge on any atom is 0.185 e. The van der Waals surface area contributed by atoms with Crippen LogP contribution in [0.1, 0.15) is 21.5 Å². The zero-order valence-electron chi connectivity index (χ0n) is 19.1. The first-order valence-corrected chi connectivity index (χ1v) is 12.5. The van der Waals surface area contributed by atoms with Crippen molar-refractivity contribution in [2.24, 2.45) is 0 Å². The van der Waals surface area contributed by atoms with Crippen molar-refractivity contribution in [3.05, 3.63) is 102 Å². The Balaban J connectivity index is 1.72. The fraction of sp³-hybridized carbons (Fsp3) is 0.111. The summed E-state index contributed by atoms with van der Waals surface area (Å²) in [5.41, 5.74) is 4.67. The van der Waals surface area contributed by atoms with Crippen molar-refractivity contribution in [1.82, 2.24) is 9.78 Å². The molecular weight excluding hydrogens is 448 g/mol. The number of methoxy groups -OCH3 is 1. The fourth-order valence-corrected chi connectivity index (χ4v) is 4.07. The highest BCUT2D eigenvalue weighted by molar-refractivity contribution is 7.90. The molecule has 0 fully saturated rings. The highest BCUT2D eigenvalue weighted by atomic mass is 32.2. The molecule has 0 amide bonds. The van der Waals surface area contributed by atoms with Crippen LogP contribution in [0.5, 0.6) is 5.75 Å². The molecule has 0 N–H and O–H groups in total. The summed E-state index contributed by atoms with van der Waals surface area (Å²) in [6.07, 6.45) is 6.26. The monoisotopic (exact) mass is 472 g/mol. The Morgan fingerprint density at radius 1 is 0.941 bits per heavy atom. The Hall–Kier alpha value is -3.97. The van der Waals surface area contributed by atoms with Gasteiger partial charge in [0.15, 0.2) is 15.6 Å². The van der Waals surface area contributed by atoms with Gasteiger partial charge in [0.25, 0.3) is 0 Å².